The summed E-state index contributed by atoms with van der Waals surface area (Å²) in [6.45, 7) is 5.95. The van der Waals surface area contributed by atoms with Crippen LogP contribution in [0.2, 0.25) is 0 Å². The van der Waals surface area contributed by atoms with Gasteiger partial charge in [-0.25, -0.2) is 0 Å². The van der Waals surface area contributed by atoms with E-state index in [9.17, 15) is 13.2 Å². The number of methoxy groups -OCH3 is 2. The van der Waals surface area contributed by atoms with Crippen LogP contribution in [0.25, 0.3) is 0 Å². The number of hydrogen-bond acceptors (Lipinski definition) is 4. The number of halogens is 3. The fourth-order valence-corrected chi connectivity index (χ4v) is 2.48. The first kappa shape index (κ1) is 19.9. The van der Waals surface area contributed by atoms with E-state index in [1.165, 1.54) is 14.2 Å². The first-order valence-electron chi connectivity index (χ1n) is 6.33. The molecular weight excluding hydrogens is 303 g/mol. The van der Waals surface area contributed by atoms with Gasteiger partial charge in [-0.1, -0.05) is 12.2 Å². The van der Waals surface area contributed by atoms with Crippen LogP contribution >= 0.6 is 11.8 Å². The second kappa shape index (κ2) is 9.78. The number of allylic oxidation sites excluding steroid dienone is 2. The Balaban J connectivity index is 5.09. The molecule has 0 saturated heterocycles. The van der Waals surface area contributed by atoms with Crippen LogP contribution in [0, 0.1) is 0 Å². The number of ether oxygens (including phenoxy) is 2. The smallest absolute Gasteiger partial charge is 0.389 e. The molecule has 0 radical (unpaired) electrons. The molecule has 0 aliphatic heterocycles. The predicted octanol–water partition coefficient (Wildman–Crippen LogP) is 3.99. The third kappa shape index (κ3) is 8.72. The highest BCUT2D eigenvalue weighted by molar-refractivity contribution is 8.03. The number of thioether (sulfide) groups is 1. The molecule has 0 aromatic rings. The van der Waals surface area contributed by atoms with E-state index in [0.717, 1.165) is 17.3 Å². The third-order valence-corrected chi connectivity index (χ3v) is 3.69. The van der Waals surface area contributed by atoms with E-state index >= 15 is 0 Å². The maximum Gasteiger partial charge on any atom is 0.389 e. The van der Waals surface area contributed by atoms with Gasteiger partial charge >= 0.3 is 6.18 Å². The van der Waals surface area contributed by atoms with Crippen molar-refractivity contribution >= 4 is 11.8 Å². The summed E-state index contributed by atoms with van der Waals surface area (Å²) in [5.74, 6) is 0.819. The lowest BCUT2D eigenvalue weighted by molar-refractivity contribution is -0.129. The second-order valence-electron chi connectivity index (χ2n) is 4.21. The average molecular weight is 325 g/mol. The molecule has 0 aromatic heterocycles. The molecule has 0 aromatic carbocycles. The quantitative estimate of drug-likeness (QED) is 0.514. The van der Waals surface area contributed by atoms with Crippen LogP contribution < -0.4 is 5.73 Å². The van der Waals surface area contributed by atoms with Crippen molar-refractivity contribution in [2.75, 3.05) is 26.5 Å². The Kier molecular flexibility index (Phi) is 9.28. The molecule has 0 fully saturated rings. The maximum atomic E-state index is 12.2. The summed E-state index contributed by atoms with van der Waals surface area (Å²) in [4.78, 5) is 0.530. The molecule has 0 aliphatic rings. The fourth-order valence-electron chi connectivity index (χ4n) is 1.37. The minimum atomic E-state index is -4.18. The van der Waals surface area contributed by atoms with Gasteiger partial charge in [0.25, 0.3) is 0 Å². The van der Waals surface area contributed by atoms with Gasteiger partial charge in [-0.2, -0.15) is 13.2 Å². The first-order valence-corrected chi connectivity index (χ1v) is 7.32. The second-order valence-corrected chi connectivity index (χ2v) is 5.32. The minimum absolute atomic E-state index is 0.108. The van der Waals surface area contributed by atoms with Crippen LogP contribution in [0.1, 0.15) is 19.8 Å². The highest BCUT2D eigenvalue weighted by Gasteiger charge is 2.27. The Hall–Kier alpha value is -1.08. The molecule has 122 valence electrons. The fraction of sp³-hybridized carbons (Fsp3) is 0.571. The lowest BCUT2D eigenvalue weighted by Gasteiger charge is -2.15. The standard InChI is InChI=1S/C14H22F3NO2S/c1-10(5-7-18)9-12(20-4)13(11(2)19-3)21-8-6-14(15,16)17/h9H,1,5-8,18H2,2-4H3/b12-9+,13-11-. The van der Waals surface area contributed by atoms with Gasteiger partial charge in [0.2, 0.25) is 0 Å². The molecule has 0 aliphatic carbocycles. The Bertz CT molecular complexity index is 404. The first-order chi connectivity index (χ1) is 9.75. The van der Waals surface area contributed by atoms with E-state index in [4.69, 9.17) is 15.2 Å². The van der Waals surface area contributed by atoms with E-state index in [1.54, 1.807) is 13.0 Å². The van der Waals surface area contributed by atoms with Crippen molar-refractivity contribution < 1.29 is 22.6 Å². The van der Waals surface area contributed by atoms with E-state index in [2.05, 4.69) is 6.58 Å². The number of rotatable bonds is 9. The van der Waals surface area contributed by atoms with Gasteiger partial charge in [-0.3, -0.25) is 0 Å². The largest absolute Gasteiger partial charge is 0.500 e. The summed E-state index contributed by atoms with van der Waals surface area (Å²) in [5, 5.41) is 0. The van der Waals surface area contributed by atoms with E-state index in [0.29, 0.717) is 29.4 Å². The minimum Gasteiger partial charge on any atom is -0.500 e. The Morgan fingerprint density at radius 1 is 1.29 bits per heavy atom. The number of alkyl halides is 3. The van der Waals surface area contributed by atoms with Crippen LogP contribution in [0.3, 0.4) is 0 Å². The molecule has 2 N–H and O–H groups in total. The highest BCUT2D eigenvalue weighted by Crippen LogP contribution is 2.32. The molecule has 0 amide bonds. The van der Waals surface area contributed by atoms with Crippen LogP contribution in [0.15, 0.2) is 34.7 Å². The molecule has 7 heteroatoms. The van der Waals surface area contributed by atoms with Gasteiger partial charge in [0.15, 0.2) is 0 Å². The lowest BCUT2D eigenvalue weighted by Crippen LogP contribution is -2.09. The zero-order valence-electron chi connectivity index (χ0n) is 12.5. The van der Waals surface area contributed by atoms with Crippen LogP contribution in [-0.4, -0.2) is 32.7 Å². The molecule has 3 nitrogen and oxygen atoms in total. The summed E-state index contributed by atoms with van der Waals surface area (Å²) in [6.07, 6.45) is -2.80. The van der Waals surface area contributed by atoms with Gasteiger partial charge in [0.1, 0.15) is 11.5 Å². The predicted molar refractivity (Wildman–Crippen MR) is 80.7 cm³/mol. The topological polar surface area (TPSA) is 44.5 Å². The van der Waals surface area contributed by atoms with Gasteiger partial charge in [0.05, 0.1) is 25.5 Å². The third-order valence-electron chi connectivity index (χ3n) is 2.50. The molecule has 21 heavy (non-hydrogen) atoms. The van der Waals surface area contributed by atoms with Crippen molar-refractivity contribution in [3.63, 3.8) is 0 Å². The molecule has 0 heterocycles. The Labute approximate surface area is 128 Å². The summed E-state index contributed by atoms with van der Waals surface area (Å²) in [6, 6.07) is 0. The summed E-state index contributed by atoms with van der Waals surface area (Å²) in [5.41, 5.74) is 6.18. The number of hydrogen-bond donors (Lipinski definition) is 1. The normalized spacial score (nSPS) is 13.8. The van der Waals surface area contributed by atoms with Gasteiger partial charge in [-0.05, 0) is 26.0 Å². The SMILES string of the molecule is C=C(/C=C(OC)\C(SCCC(F)(F)F)=C(/C)OC)CCN. The molecule has 0 bridgehead atoms. The van der Waals surface area contributed by atoms with Gasteiger partial charge < -0.3 is 15.2 Å². The zero-order chi connectivity index (χ0) is 16.5. The van der Waals surface area contributed by atoms with Crippen molar-refractivity contribution in [3.05, 3.63) is 34.7 Å². The number of nitrogens with two attached hydrogens (primary N) is 1. The highest BCUT2D eigenvalue weighted by atomic mass is 32.2. The molecule has 0 rings (SSSR count). The molecule has 0 spiro atoms. The summed E-state index contributed by atoms with van der Waals surface area (Å²) < 4.78 is 47.1. The molecule has 0 saturated carbocycles. The van der Waals surface area contributed by atoms with E-state index < -0.39 is 12.6 Å². The van der Waals surface area contributed by atoms with Crippen molar-refractivity contribution in [1.29, 1.82) is 0 Å². The van der Waals surface area contributed by atoms with Crippen molar-refractivity contribution in [1.82, 2.24) is 0 Å². The van der Waals surface area contributed by atoms with Crippen LogP contribution in [-0.2, 0) is 9.47 Å². The van der Waals surface area contributed by atoms with Gasteiger partial charge in [-0.15, -0.1) is 11.8 Å². The van der Waals surface area contributed by atoms with Crippen molar-refractivity contribution in [2.24, 2.45) is 5.73 Å². The Morgan fingerprint density at radius 3 is 2.33 bits per heavy atom. The van der Waals surface area contributed by atoms with E-state index in [1.807, 2.05) is 0 Å². The van der Waals surface area contributed by atoms with Crippen LogP contribution in [0.4, 0.5) is 13.2 Å². The molecular formula is C14H22F3NO2S. The zero-order valence-corrected chi connectivity index (χ0v) is 13.4. The van der Waals surface area contributed by atoms with Crippen molar-refractivity contribution in [3.8, 4) is 0 Å². The Morgan fingerprint density at radius 2 is 1.90 bits per heavy atom. The lowest BCUT2D eigenvalue weighted by atomic mass is 10.2. The molecule has 0 atom stereocenters. The van der Waals surface area contributed by atoms with Crippen LogP contribution in [0.5, 0.6) is 0 Å². The average Bonchev–Trinajstić information content (AvgIpc) is 2.39. The van der Waals surface area contributed by atoms with E-state index in [-0.39, 0.29) is 5.75 Å². The van der Waals surface area contributed by atoms with Crippen molar-refractivity contribution in [2.45, 2.75) is 25.9 Å². The monoisotopic (exact) mass is 325 g/mol. The maximum absolute atomic E-state index is 12.2. The summed E-state index contributed by atoms with van der Waals surface area (Å²) >= 11 is 1.04. The molecule has 0 unspecified atom stereocenters. The summed E-state index contributed by atoms with van der Waals surface area (Å²) in [7, 11) is 2.91. The van der Waals surface area contributed by atoms with Gasteiger partial charge in [0, 0.05) is 5.75 Å².